The molecule has 1 aromatic carbocycles. The summed E-state index contributed by atoms with van der Waals surface area (Å²) < 4.78 is 0. The zero-order chi connectivity index (χ0) is 9.68. The second-order valence-corrected chi connectivity index (χ2v) is 3.50. The monoisotopic (exact) mass is 198 g/mol. The lowest BCUT2D eigenvalue weighted by atomic mass is 10.3. The lowest BCUT2D eigenvalue weighted by Crippen LogP contribution is -2.01. The Balaban J connectivity index is 2.84. The van der Waals surface area contributed by atoms with Crippen molar-refractivity contribution in [1.82, 2.24) is 0 Å². The molecular formula is C8H10N2O2S. The Hall–Kier alpha value is -1.07. The summed E-state index contributed by atoms with van der Waals surface area (Å²) in [5, 5.41) is 10.5. The number of nitrogens with two attached hydrogens (primary N) is 1. The third-order valence-corrected chi connectivity index (χ3v) is 2.53. The van der Waals surface area contributed by atoms with E-state index in [1.807, 2.05) is 0 Å². The second kappa shape index (κ2) is 4.84. The van der Waals surface area contributed by atoms with Gasteiger partial charge in [0.15, 0.2) is 0 Å². The van der Waals surface area contributed by atoms with Crippen LogP contribution < -0.4 is 5.73 Å². The van der Waals surface area contributed by atoms with Crippen LogP contribution in [0.1, 0.15) is 0 Å². The third-order valence-electron chi connectivity index (χ3n) is 1.44. The Kier molecular flexibility index (Phi) is 3.72. The van der Waals surface area contributed by atoms with Crippen LogP contribution >= 0.6 is 11.8 Å². The minimum absolute atomic E-state index is 0.154. The second-order valence-electron chi connectivity index (χ2n) is 2.36. The van der Waals surface area contributed by atoms with Crippen molar-refractivity contribution in [2.75, 3.05) is 12.3 Å². The highest BCUT2D eigenvalue weighted by molar-refractivity contribution is 7.99. The van der Waals surface area contributed by atoms with E-state index in [1.165, 1.54) is 17.8 Å². The molecular weight excluding hydrogens is 188 g/mol. The third kappa shape index (κ3) is 2.71. The van der Waals surface area contributed by atoms with E-state index >= 15 is 0 Å². The minimum Gasteiger partial charge on any atom is -0.330 e. The van der Waals surface area contributed by atoms with Gasteiger partial charge in [0.1, 0.15) is 0 Å². The van der Waals surface area contributed by atoms with E-state index in [-0.39, 0.29) is 10.6 Å². The van der Waals surface area contributed by atoms with E-state index < -0.39 is 0 Å². The number of hydrogen-bond acceptors (Lipinski definition) is 4. The zero-order valence-corrected chi connectivity index (χ0v) is 7.79. The van der Waals surface area contributed by atoms with Gasteiger partial charge in [0, 0.05) is 18.4 Å². The van der Waals surface area contributed by atoms with E-state index in [0.717, 1.165) is 0 Å². The predicted molar refractivity (Wildman–Crippen MR) is 52.9 cm³/mol. The molecule has 0 aromatic heterocycles. The highest BCUT2D eigenvalue weighted by atomic mass is 32.2. The number of para-hydroxylation sites is 1. The Bertz CT molecular complexity index is 304. The maximum atomic E-state index is 10.5. The summed E-state index contributed by atoms with van der Waals surface area (Å²) in [6, 6.07) is 6.67. The first-order valence-corrected chi connectivity index (χ1v) is 4.80. The summed E-state index contributed by atoms with van der Waals surface area (Å²) in [6.07, 6.45) is 0. The summed E-state index contributed by atoms with van der Waals surface area (Å²) in [7, 11) is 0. The van der Waals surface area contributed by atoms with Crippen molar-refractivity contribution in [1.29, 1.82) is 0 Å². The van der Waals surface area contributed by atoms with Crippen molar-refractivity contribution in [3.8, 4) is 0 Å². The maximum Gasteiger partial charge on any atom is 0.282 e. The fourth-order valence-electron chi connectivity index (χ4n) is 0.899. The van der Waals surface area contributed by atoms with Crippen molar-refractivity contribution < 1.29 is 4.92 Å². The van der Waals surface area contributed by atoms with Crippen molar-refractivity contribution >= 4 is 17.4 Å². The molecule has 0 saturated carbocycles. The molecule has 0 aliphatic rings. The van der Waals surface area contributed by atoms with E-state index in [4.69, 9.17) is 5.73 Å². The normalized spacial score (nSPS) is 9.92. The highest BCUT2D eigenvalue weighted by Crippen LogP contribution is 2.27. The summed E-state index contributed by atoms with van der Waals surface area (Å²) in [5.41, 5.74) is 5.47. The largest absolute Gasteiger partial charge is 0.330 e. The molecule has 0 aliphatic carbocycles. The molecule has 1 aromatic rings. The topological polar surface area (TPSA) is 69.2 Å². The number of benzene rings is 1. The molecule has 0 spiro atoms. The van der Waals surface area contributed by atoms with Crippen LogP contribution in [0, 0.1) is 10.1 Å². The van der Waals surface area contributed by atoms with Crippen LogP contribution in [0.5, 0.6) is 0 Å². The fourth-order valence-corrected chi connectivity index (χ4v) is 1.70. The number of nitrogens with zero attached hydrogens (tertiary/aromatic N) is 1. The van der Waals surface area contributed by atoms with Gasteiger partial charge in [0.2, 0.25) is 0 Å². The number of hydrogen-bond donors (Lipinski definition) is 1. The molecule has 70 valence electrons. The first-order valence-electron chi connectivity index (χ1n) is 3.82. The first kappa shape index (κ1) is 10.0. The molecule has 0 radical (unpaired) electrons. The maximum absolute atomic E-state index is 10.5. The van der Waals surface area contributed by atoms with Crippen LogP contribution in [0.25, 0.3) is 0 Å². The average molecular weight is 198 g/mol. The van der Waals surface area contributed by atoms with Gasteiger partial charge in [-0.2, -0.15) is 0 Å². The van der Waals surface area contributed by atoms with E-state index in [2.05, 4.69) is 0 Å². The van der Waals surface area contributed by atoms with Crippen molar-refractivity contribution in [2.24, 2.45) is 5.73 Å². The number of nitro benzene ring substituents is 1. The van der Waals surface area contributed by atoms with E-state index in [9.17, 15) is 10.1 Å². The molecule has 0 aliphatic heterocycles. The number of thioether (sulfide) groups is 1. The highest BCUT2D eigenvalue weighted by Gasteiger charge is 2.11. The van der Waals surface area contributed by atoms with E-state index in [0.29, 0.717) is 17.2 Å². The van der Waals surface area contributed by atoms with Crippen molar-refractivity contribution in [3.63, 3.8) is 0 Å². The Morgan fingerprint density at radius 1 is 1.46 bits per heavy atom. The summed E-state index contributed by atoms with van der Waals surface area (Å²) in [4.78, 5) is 10.8. The molecule has 0 fully saturated rings. The molecule has 1 rings (SSSR count). The number of rotatable bonds is 4. The van der Waals surface area contributed by atoms with Crippen LogP contribution in [0.2, 0.25) is 0 Å². The predicted octanol–water partition coefficient (Wildman–Crippen LogP) is 1.65. The van der Waals surface area contributed by atoms with Gasteiger partial charge in [0.25, 0.3) is 5.69 Å². The van der Waals surface area contributed by atoms with Crippen LogP contribution in [0.15, 0.2) is 29.2 Å². The molecule has 0 bridgehead atoms. The quantitative estimate of drug-likeness (QED) is 0.453. The first-order chi connectivity index (χ1) is 6.25. The lowest BCUT2D eigenvalue weighted by Gasteiger charge is -1.99. The minimum atomic E-state index is -0.376. The van der Waals surface area contributed by atoms with Crippen LogP contribution in [-0.2, 0) is 0 Å². The smallest absolute Gasteiger partial charge is 0.282 e. The van der Waals surface area contributed by atoms with Gasteiger partial charge in [0.05, 0.1) is 9.82 Å². The summed E-state index contributed by atoms with van der Waals surface area (Å²) >= 11 is 1.41. The van der Waals surface area contributed by atoms with E-state index in [1.54, 1.807) is 18.2 Å². The van der Waals surface area contributed by atoms with Gasteiger partial charge in [-0.25, -0.2) is 0 Å². The molecule has 0 amide bonds. The zero-order valence-electron chi connectivity index (χ0n) is 6.97. The van der Waals surface area contributed by atoms with Crippen molar-refractivity contribution in [3.05, 3.63) is 34.4 Å². The van der Waals surface area contributed by atoms with Crippen LogP contribution in [-0.4, -0.2) is 17.2 Å². The molecule has 0 unspecified atom stereocenters. The molecule has 5 heteroatoms. The molecule has 0 heterocycles. The molecule has 0 saturated heterocycles. The Labute approximate surface area is 80.3 Å². The van der Waals surface area contributed by atoms with Crippen LogP contribution in [0.4, 0.5) is 5.69 Å². The average Bonchev–Trinajstić information content (AvgIpc) is 2.15. The number of nitro groups is 1. The molecule has 4 nitrogen and oxygen atoms in total. The van der Waals surface area contributed by atoms with Gasteiger partial charge in [-0.3, -0.25) is 10.1 Å². The lowest BCUT2D eigenvalue weighted by molar-refractivity contribution is -0.387. The molecule has 0 atom stereocenters. The van der Waals surface area contributed by atoms with Crippen LogP contribution in [0.3, 0.4) is 0 Å². The summed E-state index contributed by atoms with van der Waals surface area (Å²) in [6.45, 7) is 0.525. The molecule has 13 heavy (non-hydrogen) atoms. The van der Waals surface area contributed by atoms with Gasteiger partial charge in [-0.15, -0.1) is 11.8 Å². The van der Waals surface area contributed by atoms with Crippen molar-refractivity contribution in [2.45, 2.75) is 4.90 Å². The Morgan fingerprint density at radius 2 is 2.15 bits per heavy atom. The Morgan fingerprint density at radius 3 is 2.77 bits per heavy atom. The van der Waals surface area contributed by atoms with Gasteiger partial charge in [-0.1, -0.05) is 12.1 Å². The summed E-state index contributed by atoms with van der Waals surface area (Å²) in [5.74, 6) is 0.699. The standard InChI is InChI=1S/C8H10N2O2S/c9-5-6-13-8-4-2-1-3-7(8)10(11)12/h1-4H,5-6,9H2. The fraction of sp³-hybridized carbons (Fsp3) is 0.250. The molecule has 2 N–H and O–H groups in total. The van der Waals surface area contributed by atoms with Gasteiger partial charge < -0.3 is 5.73 Å². The van der Waals surface area contributed by atoms with Gasteiger partial charge >= 0.3 is 0 Å². The van der Waals surface area contributed by atoms with Gasteiger partial charge in [-0.05, 0) is 6.07 Å². The SMILES string of the molecule is NCCSc1ccccc1[N+](=O)[O-].